The van der Waals surface area contributed by atoms with Crippen LogP contribution in [-0.2, 0) is 14.6 Å². The Morgan fingerprint density at radius 1 is 1.31 bits per heavy atom. The molecule has 90 valence electrons. The van der Waals surface area contributed by atoms with E-state index in [2.05, 4.69) is 4.74 Å². The molecule has 0 fully saturated rings. The van der Waals surface area contributed by atoms with E-state index >= 15 is 0 Å². The fourth-order valence-corrected chi connectivity index (χ4v) is 2.47. The van der Waals surface area contributed by atoms with Crippen LogP contribution < -0.4 is 5.73 Å². The molecule has 0 saturated heterocycles. The summed E-state index contributed by atoms with van der Waals surface area (Å²) in [5, 5.41) is 0. The van der Waals surface area contributed by atoms with Crippen molar-refractivity contribution in [1.82, 2.24) is 0 Å². The maximum absolute atomic E-state index is 13.3. The van der Waals surface area contributed by atoms with E-state index in [0.29, 0.717) is 0 Å². The molecule has 0 aliphatic heterocycles. The number of hydrogen-bond acceptors (Lipinski definition) is 4. The van der Waals surface area contributed by atoms with Gasteiger partial charge in [-0.05, 0) is 12.1 Å². The van der Waals surface area contributed by atoms with Crippen molar-refractivity contribution in [2.75, 3.05) is 25.2 Å². The molecule has 2 N–H and O–H groups in total. The number of hydrogen-bond donors (Lipinski definition) is 1. The molecule has 4 nitrogen and oxygen atoms in total. The van der Waals surface area contributed by atoms with Crippen LogP contribution in [0.5, 0.6) is 0 Å². The molecule has 0 aliphatic rings. The van der Waals surface area contributed by atoms with Gasteiger partial charge in [-0.15, -0.1) is 0 Å². The first-order valence-corrected chi connectivity index (χ1v) is 6.00. The number of benzene rings is 1. The van der Waals surface area contributed by atoms with Crippen molar-refractivity contribution < 1.29 is 21.9 Å². The zero-order valence-electron chi connectivity index (χ0n) is 8.54. The molecule has 1 rings (SSSR count). The number of nitrogens with two attached hydrogens (primary N) is 1. The Hall–Kier alpha value is -1.21. The number of anilines is 1. The van der Waals surface area contributed by atoms with Crippen LogP contribution in [0.2, 0.25) is 0 Å². The van der Waals surface area contributed by atoms with Crippen molar-refractivity contribution in [2.24, 2.45) is 0 Å². The fourth-order valence-electron chi connectivity index (χ4n) is 1.17. The molecular weight excluding hydrogens is 240 g/mol. The van der Waals surface area contributed by atoms with Gasteiger partial charge in [0.05, 0.1) is 12.4 Å². The highest BCUT2D eigenvalue weighted by atomic mass is 32.2. The van der Waals surface area contributed by atoms with Gasteiger partial charge in [0.1, 0.15) is 16.5 Å². The van der Waals surface area contributed by atoms with Crippen molar-refractivity contribution in [1.29, 1.82) is 0 Å². The summed E-state index contributed by atoms with van der Waals surface area (Å²) in [4.78, 5) is -0.959. The van der Waals surface area contributed by atoms with E-state index in [-0.39, 0.29) is 12.3 Å². The summed E-state index contributed by atoms with van der Waals surface area (Å²) in [5.41, 5.74) is 5.01. The van der Waals surface area contributed by atoms with Gasteiger partial charge in [-0.2, -0.15) is 0 Å². The quantitative estimate of drug-likeness (QED) is 0.809. The van der Waals surface area contributed by atoms with Crippen LogP contribution in [0.1, 0.15) is 0 Å². The van der Waals surface area contributed by atoms with Crippen LogP contribution in [0.4, 0.5) is 14.5 Å². The van der Waals surface area contributed by atoms with E-state index in [1.165, 1.54) is 7.11 Å². The first-order chi connectivity index (χ1) is 7.38. The number of sulfone groups is 1. The molecule has 1 aromatic carbocycles. The van der Waals surface area contributed by atoms with Gasteiger partial charge in [-0.3, -0.25) is 0 Å². The summed E-state index contributed by atoms with van der Waals surface area (Å²) < 4.78 is 54.2. The number of halogens is 2. The molecule has 0 aromatic heterocycles. The van der Waals surface area contributed by atoms with Crippen molar-refractivity contribution in [3.63, 3.8) is 0 Å². The summed E-state index contributed by atoms with van der Waals surface area (Å²) in [6, 6.07) is 1.53. The second-order valence-electron chi connectivity index (χ2n) is 3.13. The van der Waals surface area contributed by atoms with E-state index in [0.717, 1.165) is 12.1 Å². The van der Waals surface area contributed by atoms with E-state index in [1.54, 1.807) is 0 Å². The average molecular weight is 251 g/mol. The number of ether oxygens (including phenoxy) is 1. The molecule has 0 amide bonds. The largest absolute Gasteiger partial charge is 0.399 e. The number of nitrogen functional groups attached to an aromatic ring is 1. The Morgan fingerprint density at radius 3 is 2.25 bits per heavy atom. The molecule has 7 heteroatoms. The van der Waals surface area contributed by atoms with Gasteiger partial charge >= 0.3 is 0 Å². The Balaban J connectivity index is 3.23. The summed E-state index contributed by atoms with van der Waals surface area (Å²) in [5.74, 6) is -2.86. The minimum Gasteiger partial charge on any atom is -0.399 e. The third-order valence-electron chi connectivity index (χ3n) is 1.89. The molecule has 0 radical (unpaired) electrons. The van der Waals surface area contributed by atoms with Gasteiger partial charge in [0.15, 0.2) is 9.84 Å². The Morgan fingerprint density at radius 2 is 1.81 bits per heavy atom. The van der Waals surface area contributed by atoms with E-state index in [9.17, 15) is 17.2 Å². The molecule has 0 atom stereocenters. The lowest BCUT2D eigenvalue weighted by Crippen LogP contribution is -2.15. The van der Waals surface area contributed by atoms with Crippen LogP contribution in [0, 0.1) is 11.6 Å². The maximum atomic E-state index is 13.3. The molecule has 0 unspecified atom stereocenters. The monoisotopic (exact) mass is 251 g/mol. The van der Waals surface area contributed by atoms with Crippen molar-refractivity contribution in [3.8, 4) is 0 Å². The molecule has 0 saturated carbocycles. The topological polar surface area (TPSA) is 69.4 Å². The molecule has 16 heavy (non-hydrogen) atoms. The lowest BCUT2D eigenvalue weighted by molar-refractivity contribution is 0.217. The summed E-state index contributed by atoms with van der Waals surface area (Å²) in [6.07, 6.45) is 0. The van der Waals surface area contributed by atoms with Crippen molar-refractivity contribution >= 4 is 15.5 Å². The predicted molar refractivity (Wildman–Crippen MR) is 54.7 cm³/mol. The lowest BCUT2D eigenvalue weighted by atomic mass is 10.3. The average Bonchev–Trinajstić information content (AvgIpc) is 2.12. The molecule has 0 bridgehead atoms. The first kappa shape index (κ1) is 12.9. The summed E-state index contributed by atoms with van der Waals surface area (Å²) in [7, 11) is -2.73. The number of methoxy groups -OCH3 is 1. The van der Waals surface area contributed by atoms with Crippen LogP contribution >= 0.6 is 0 Å². The van der Waals surface area contributed by atoms with E-state index in [1.807, 2.05) is 0 Å². The summed E-state index contributed by atoms with van der Waals surface area (Å²) >= 11 is 0. The Labute approximate surface area is 91.9 Å². The molecule has 0 spiro atoms. The van der Waals surface area contributed by atoms with Crippen LogP contribution in [-0.4, -0.2) is 27.9 Å². The van der Waals surface area contributed by atoms with Gasteiger partial charge in [0.2, 0.25) is 0 Å². The van der Waals surface area contributed by atoms with Gasteiger partial charge in [0.25, 0.3) is 0 Å². The van der Waals surface area contributed by atoms with Gasteiger partial charge in [-0.1, -0.05) is 0 Å². The molecule has 0 aliphatic carbocycles. The first-order valence-electron chi connectivity index (χ1n) is 4.34. The second kappa shape index (κ2) is 4.75. The molecule has 0 heterocycles. The van der Waals surface area contributed by atoms with Crippen molar-refractivity contribution in [3.05, 3.63) is 23.8 Å². The van der Waals surface area contributed by atoms with Crippen molar-refractivity contribution in [2.45, 2.75) is 4.90 Å². The van der Waals surface area contributed by atoms with Crippen LogP contribution in [0.3, 0.4) is 0 Å². The highest BCUT2D eigenvalue weighted by molar-refractivity contribution is 7.91. The van der Waals surface area contributed by atoms with Gasteiger partial charge in [0, 0.05) is 12.8 Å². The maximum Gasteiger partial charge on any atom is 0.186 e. The zero-order chi connectivity index (χ0) is 12.3. The Kier molecular flexibility index (Phi) is 3.82. The van der Waals surface area contributed by atoms with Crippen LogP contribution in [0.25, 0.3) is 0 Å². The van der Waals surface area contributed by atoms with E-state index < -0.39 is 32.1 Å². The summed E-state index contributed by atoms with van der Waals surface area (Å²) in [6.45, 7) is -0.133. The normalized spacial score (nSPS) is 11.7. The Bertz CT molecular complexity index is 465. The second-order valence-corrected chi connectivity index (χ2v) is 5.17. The van der Waals surface area contributed by atoms with Crippen LogP contribution in [0.15, 0.2) is 17.0 Å². The molecular formula is C9H11F2NO3S. The minimum atomic E-state index is -4.03. The van der Waals surface area contributed by atoms with E-state index in [4.69, 9.17) is 5.73 Å². The highest BCUT2D eigenvalue weighted by Crippen LogP contribution is 2.22. The lowest BCUT2D eigenvalue weighted by Gasteiger charge is -2.07. The predicted octanol–water partition coefficient (Wildman–Crippen LogP) is 0.967. The minimum absolute atomic E-state index is 0.133. The third-order valence-corrected chi connectivity index (χ3v) is 3.60. The van der Waals surface area contributed by atoms with Gasteiger partial charge < -0.3 is 10.5 Å². The zero-order valence-corrected chi connectivity index (χ0v) is 9.35. The third kappa shape index (κ3) is 2.67. The fraction of sp³-hybridized carbons (Fsp3) is 0.333. The SMILES string of the molecule is COCCS(=O)(=O)c1c(F)cc(N)cc1F. The highest BCUT2D eigenvalue weighted by Gasteiger charge is 2.24. The molecule has 1 aromatic rings. The standard InChI is InChI=1S/C9H11F2NO3S/c1-15-2-3-16(13,14)9-7(10)4-6(12)5-8(9)11/h4-5H,2-3,12H2,1H3. The smallest absolute Gasteiger partial charge is 0.186 e. The van der Waals surface area contributed by atoms with Gasteiger partial charge in [-0.25, -0.2) is 17.2 Å². The number of rotatable bonds is 4.